The molecule has 2 heterocycles. The molecule has 0 saturated carbocycles. The van der Waals surface area contributed by atoms with Gasteiger partial charge in [-0.3, -0.25) is 0 Å². The van der Waals surface area contributed by atoms with Crippen LogP contribution in [0.4, 0.5) is 5.82 Å². The number of pyridine rings is 1. The molecule has 19 heavy (non-hydrogen) atoms. The van der Waals surface area contributed by atoms with Gasteiger partial charge in [-0.25, -0.2) is 4.98 Å². The van der Waals surface area contributed by atoms with Crippen LogP contribution in [-0.4, -0.2) is 36.1 Å². The van der Waals surface area contributed by atoms with Crippen molar-refractivity contribution in [1.82, 2.24) is 10.3 Å². The van der Waals surface area contributed by atoms with Crippen molar-refractivity contribution in [3.05, 3.63) is 23.4 Å². The van der Waals surface area contributed by atoms with E-state index in [-0.39, 0.29) is 0 Å². The monoisotopic (exact) mass is 279 g/mol. The molecule has 106 valence electrons. The number of anilines is 1. The lowest BCUT2D eigenvalue weighted by molar-refractivity contribution is 0.673. The SMILES string of the molecule is CCCNCc1cc(C)nc(N2CCCSCC2)c1. The average molecular weight is 279 g/mol. The Balaban J connectivity index is 2.06. The van der Waals surface area contributed by atoms with Crippen molar-refractivity contribution in [2.24, 2.45) is 0 Å². The van der Waals surface area contributed by atoms with E-state index in [1.807, 2.05) is 0 Å². The van der Waals surface area contributed by atoms with Crippen LogP contribution >= 0.6 is 11.8 Å². The van der Waals surface area contributed by atoms with Crippen molar-refractivity contribution < 1.29 is 0 Å². The maximum absolute atomic E-state index is 4.72. The molecule has 1 aliphatic rings. The van der Waals surface area contributed by atoms with Crippen LogP contribution in [0.2, 0.25) is 0 Å². The number of hydrogen-bond acceptors (Lipinski definition) is 4. The average Bonchev–Trinajstić information content (AvgIpc) is 2.67. The van der Waals surface area contributed by atoms with Crippen molar-refractivity contribution in [3.63, 3.8) is 0 Å². The van der Waals surface area contributed by atoms with E-state index >= 15 is 0 Å². The normalized spacial score (nSPS) is 16.4. The number of aryl methyl sites for hydroxylation is 1. The van der Waals surface area contributed by atoms with E-state index in [0.29, 0.717) is 0 Å². The lowest BCUT2D eigenvalue weighted by atomic mass is 10.2. The summed E-state index contributed by atoms with van der Waals surface area (Å²) in [6.45, 7) is 8.60. The Kier molecular flexibility index (Phi) is 5.98. The summed E-state index contributed by atoms with van der Waals surface area (Å²) in [7, 11) is 0. The van der Waals surface area contributed by atoms with Gasteiger partial charge in [-0.15, -0.1) is 0 Å². The highest BCUT2D eigenvalue weighted by Gasteiger charge is 2.12. The van der Waals surface area contributed by atoms with Crippen LogP contribution in [0, 0.1) is 6.92 Å². The fourth-order valence-electron chi connectivity index (χ4n) is 2.37. The Morgan fingerprint density at radius 1 is 1.32 bits per heavy atom. The Morgan fingerprint density at radius 3 is 3.05 bits per heavy atom. The van der Waals surface area contributed by atoms with Gasteiger partial charge in [0.05, 0.1) is 0 Å². The van der Waals surface area contributed by atoms with E-state index in [2.05, 4.69) is 48.0 Å². The highest BCUT2D eigenvalue weighted by molar-refractivity contribution is 7.99. The molecule has 0 spiro atoms. The summed E-state index contributed by atoms with van der Waals surface area (Å²) in [6, 6.07) is 4.45. The third-order valence-electron chi connectivity index (χ3n) is 3.30. The van der Waals surface area contributed by atoms with E-state index in [0.717, 1.165) is 37.7 Å². The molecule has 1 N–H and O–H groups in total. The molecule has 0 bridgehead atoms. The van der Waals surface area contributed by atoms with Crippen LogP contribution in [0.25, 0.3) is 0 Å². The number of nitrogens with zero attached hydrogens (tertiary/aromatic N) is 2. The Morgan fingerprint density at radius 2 is 2.21 bits per heavy atom. The minimum atomic E-state index is 0.951. The summed E-state index contributed by atoms with van der Waals surface area (Å²) < 4.78 is 0. The van der Waals surface area contributed by atoms with Gasteiger partial charge in [0, 0.05) is 31.1 Å². The predicted molar refractivity (Wildman–Crippen MR) is 85.1 cm³/mol. The van der Waals surface area contributed by atoms with E-state index in [9.17, 15) is 0 Å². The van der Waals surface area contributed by atoms with Crippen molar-refractivity contribution in [2.75, 3.05) is 36.0 Å². The minimum absolute atomic E-state index is 0.951. The second-order valence-electron chi connectivity index (χ2n) is 5.10. The number of hydrogen-bond donors (Lipinski definition) is 1. The number of rotatable bonds is 5. The van der Waals surface area contributed by atoms with Gasteiger partial charge >= 0.3 is 0 Å². The van der Waals surface area contributed by atoms with E-state index in [1.165, 1.54) is 29.9 Å². The van der Waals surface area contributed by atoms with Crippen LogP contribution in [-0.2, 0) is 6.54 Å². The van der Waals surface area contributed by atoms with E-state index < -0.39 is 0 Å². The topological polar surface area (TPSA) is 28.2 Å². The summed E-state index contributed by atoms with van der Waals surface area (Å²) >= 11 is 2.06. The first-order chi connectivity index (χ1) is 9.29. The summed E-state index contributed by atoms with van der Waals surface area (Å²) in [5, 5.41) is 3.47. The molecule has 1 aromatic rings. The molecule has 0 amide bonds. The van der Waals surface area contributed by atoms with Crippen LogP contribution in [0.15, 0.2) is 12.1 Å². The summed E-state index contributed by atoms with van der Waals surface area (Å²) in [5.41, 5.74) is 2.48. The first-order valence-electron chi connectivity index (χ1n) is 7.30. The van der Waals surface area contributed by atoms with Crippen molar-refractivity contribution in [3.8, 4) is 0 Å². The van der Waals surface area contributed by atoms with Crippen molar-refractivity contribution >= 4 is 17.6 Å². The van der Waals surface area contributed by atoms with Gasteiger partial charge < -0.3 is 10.2 Å². The zero-order valence-electron chi connectivity index (χ0n) is 12.1. The smallest absolute Gasteiger partial charge is 0.129 e. The predicted octanol–water partition coefficient (Wildman–Crippen LogP) is 2.83. The quantitative estimate of drug-likeness (QED) is 0.839. The number of nitrogens with one attached hydrogen (secondary N) is 1. The van der Waals surface area contributed by atoms with Crippen LogP contribution < -0.4 is 10.2 Å². The minimum Gasteiger partial charge on any atom is -0.356 e. The molecule has 1 aliphatic heterocycles. The van der Waals surface area contributed by atoms with Gasteiger partial charge in [0.1, 0.15) is 5.82 Å². The van der Waals surface area contributed by atoms with E-state index in [1.54, 1.807) is 0 Å². The molecule has 0 unspecified atom stereocenters. The van der Waals surface area contributed by atoms with Gasteiger partial charge in [0.25, 0.3) is 0 Å². The molecular formula is C15H25N3S. The Bertz CT molecular complexity index is 387. The zero-order valence-corrected chi connectivity index (χ0v) is 12.9. The summed E-state index contributed by atoms with van der Waals surface area (Å²) in [6.07, 6.45) is 2.45. The molecule has 0 radical (unpaired) electrons. The highest BCUT2D eigenvalue weighted by atomic mass is 32.2. The Hall–Kier alpha value is -0.740. The number of aromatic nitrogens is 1. The molecule has 2 rings (SSSR count). The van der Waals surface area contributed by atoms with Crippen molar-refractivity contribution in [1.29, 1.82) is 0 Å². The maximum atomic E-state index is 4.72. The summed E-state index contributed by atoms with van der Waals surface area (Å²) in [5.74, 6) is 3.67. The van der Waals surface area contributed by atoms with Gasteiger partial charge in [0.15, 0.2) is 0 Å². The fourth-order valence-corrected chi connectivity index (χ4v) is 3.26. The standard InChI is InChI=1S/C15H25N3S/c1-3-5-16-12-14-10-13(2)17-15(11-14)18-6-4-8-19-9-7-18/h10-11,16H,3-9,12H2,1-2H3. The molecule has 1 saturated heterocycles. The maximum Gasteiger partial charge on any atom is 0.129 e. The highest BCUT2D eigenvalue weighted by Crippen LogP contribution is 2.19. The van der Waals surface area contributed by atoms with Gasteiger partial charge in [-0.05, 0) is 49.8 Å². The third-order valence-corrected chi connectivity index (χ3v) is 4.35. The molecule has 0 aliphatic carbocycles. The largest absolute Gasteiger partial charge is 0.356 e. The molecule has 0 aromatic carbocycles. The van der Waals surface area contributed by atoms with E-state index in [4.69, 9.17) is 4.98 Å². The molecule has 1 aromatic heterocycles. The lowest BCUT2D eigenvalue weighted by Gasteiger charge is -2.22. The summed E-state index contributed by atoms with van der Waals surface area (Å²) in [4.78, 5) is 7.16. The van der Waals surface area contributed by atoms with Gasteiger partial charge in [-0.1, -0.05) is 6.92 Å². The molecule has 0 atom stereocenters. The third kappa shape index (κ3) is 4.69. The molecule has 1 fully saturated rings. The van der Waals surface area contributed by atoms with Crippen LogP contribution in [0.1, 0.15) is 31.0 Å². The Labute approximate surface area is 121 Å². The second kappa shape index (κ2) is 7.75. The van der Waals surface area contributed by atoms with Crippen molar-refractivity contribution in [2.45, 2.75) is 33.2 Å². The van der Waals surface area contributed by atoms with Gasteiger partial charge in [0.2, 0.25) is 0 Å². The lowest BCUT2D eigenvalue weighted by Crippen LogP contribution is -2.27. The zero-order chi connectivity index (χ0) is 13.5. The van der Waals surface area contributed by atoms with Crippen LogP contribution in [0.5, 0.6) is 0 Å². The first-order valence-corrected chi connectivity index (χ1v) is 8.46. The van der Waals surface area contributed by atoms with Gasteiger partial charge in [-0.2, -0.15) is 11.8 Å². The number of thioether (sulfide) groups is 1. The van der Waals surface area contributed by atoms with Crippen LogP contribution in [0.3, 0.4) is 0 Å². The first kappa shape index (κ1) is 14.7. The molecular weight excluding hydrogens is 254 g/mol. The fraction of sp³-hybridized carbons (Fsp3) is 0.667. The second-order valence-corrected chi connectivity index (χ2v) is 6.33. The molecule has 4 heteroatoms. The molecule has 3 nitrogen and oxygen atoms in total.